The fraction of sp³-hybridized carbons (Fsp3) is 0.435. The lowest BCUT2D eigenvalue weighted by molar-refractivity contribution is -0.0442. The third-order valence-corrected chi connectivity index (χ3v) is 6.55. The van der Waals surface area contributed by atoms with E-state index in [4.69, 9.17) is 4.74 Å². The summed E-state index contributed by atoms with van der Waals surface area (Å²) in [4.78, 5) is 8.59. The molecule has 0 atom stereocenters. The fourth-order valence-electron chi connectivity index (χ4n) is 4.68. The molecule has 0 saturated heterocycles. The number of rotatable bonds is 7. The van der Waals surface area contributed by atoms with E-state index in [2.05, 4.69) is 20.4 Å². The molecule has 1 aromatic carbocycles. The molecule has 180 valence electrons. The van der Waals surface area contributed by atoms with Crippen molar-refractivity contribution in [3.63, 3.8) is 0 Å². The standard InChI is InChI=1S/C23H25F3N6O2/c1-4-23(33)9-14(10-23)28-22-29-21(34-3)20-15(5-6-32(20)30-22)13-7-16(24)19-17(8-13)31(11-18(25)26)12(2)27-19/h5-8,14,18,33H,4,9-11H2,1-3H3,(H,28,30)/t14-,23-. The van der Waals surface area contributed by atoms with Gasteiger partial charge >= 0.3 is 0 Å². The molecule has 3 heterocycles. The summed E-state index contributed by atoms with van der Waals surface area (Å²) in [6, 6.07) is 4.76. The SMILES string of the molecule is CC[C@]1(O)C[C@H](Nc2nc(OC)c3c(-c4cc(F)c5nc(C)n(CC(F)F)c5c4)ccn3n2)C1. The minimum Gasteiger partial charge on any atom is -0.479 e. The summed E-state index contributed by atoms with van der Waals surface area (Å²) in [5.41, 5.74) is 1.27. The van der Waals surface area contributed by atoms with E-state index < -0.39 is 24.4 Å². The van der Waals surface area contributed by atoms with Crippen molar-refractivity contribution in [2.24, 2.45) is 0 Å². The number of methoxy groups -OCH3 is 1. The molecular weight excluding hydrogens is 449 g/mol. The van der Waals surface area contributed by atoms with Crippen LogP contribution in [-0.2, 0) is 6.54 Å². The Morgan fingerprint density at radius 2 is 2.06 bits per heavy atom. The molecule has 8 nitrogen and oxygen atoms in total. The molecule has 0 unspecified atom stereocenters. The molecule has 1 saturated carbocycles. The predicted molar refractivity (Wildman–Crippen MR) is 121 cm³/mol. The summed E-state index contributed by atoms with van der Waals surface area (Å²) in [5, 5.41) is 18.0. The van der Waals surface area contributed by atoms with Gasteiger partial charge in [-0.3, -0.25) is 0 Å². The zero-order chi connectivity index (χ0) is 24.2. The highest BCUT2D eigenvalue weighted by atomic mass is 19.3. The van der Waals surface area contributed by atoms with E-state index in [1.807, 2.05) is 6.92 Å². The lowest BCUT2D eigenvalue weighted by Crippen LogP contribution is -2.50. The summed E-state index contributed by atoms with van der Waals surface area (Å²) in [7, 11) is 1.48. The van der Waals surface area contributed by atoms with Crippen LogP contribution in [0, 0.1) is 12.7 Å². The van der Waals surface area contributed by atoms with Gasteiger partial charge in [0.2, 0.25) is 11.8 Å². The third kappa shape index (κ3) is 3.73. The molecule has 0 bridgehead atoms. The first-order chi connectivity index (χ1) is 16.2. The van der Waals surface area contributed by atoms with E-state index in [9.17, 15) is 18.3 Å². The maximum atomic E-state index is 14.9. The molecule has 1 aliphatic rings. The average Bonchev–Trinajstić information content (AvgIpc) is 3.33. The van der Waals surface area contributed by atoms with Crippen LogP contribution < -0.4 is 10.1 Å². The molecule has 1 fully saturated rings. The van der Waals surface area contributed by atoms with Gasteiger partial charge in [0, 0.05) is 17.8 Å². The van der Waals surface area contributed by atoms with E-state index in [1.165, 1.54) is 17.7 Å². The Bertz CT molecular complexity index is 1380. The molecule has 1 aliphatic carbocycles. The third-order valence-electron chi connectivity index (χ3n) is 6.55. The van der Waals surface area contributed by atoms with Crippen molar-refractivity contribution in [1.82, 2.24) is 24.1 Å². The molecular formula is C23H25F3N6O2. The van der Waals surface area contributed by atoms with Gasteiger partial charge in [0.25, 0.3) is 6.43 Å². The van der Waals surface area contributed by atoms with Gasteiger partial charge in [-0.05, 0) is 49.9 Å². The maximum absolute atomic E-state index is 14.9. The molecule has 11 heteroatoms. The van der Waals surface area contributed by atoms with Crippen LogP contribution in [0.4, 0.5) is 19.1 Å². The van der Waals surface area contributed by atoms with Crippen molar-refractivity contribution in [3.8, 4) is 17.0 Å². The number of hydrogen-bond donors (Lipinski definition) is 2. The quantitative estimate of drug-likeness (QED) is 0.418. The Balaban J connectivity index is 1.55. The molecule has 3 aromatic heterocycles. The minimum atomic E-state index is -2.60. The second-order valence-electron chi connectivity index (χ2n) is 8.78. The van der Waals surface area contributed by atoms with E-state index in [0.29, 0.717) is 53.2 Å². The van der Waals surface area contributed by atoms with Crippen LogP contribution >= 0.6 is 0 Å². The molecule has 4 aromatic rings. The van der Waals surface area contributed by atoms with Crippen LogP contribution in [0.25, 0.3) is 27.7 Å². The molecule has 0 spiro atoms. The summed E-state index contributed by atoms with van der Waals surface area (Å²) in [6.45, 7) is 2.95. The van der Waals surface area contributed by atoms with Crippen molar-refractivity contribution in [1.29, 1.82) is 0 Å². The van der Waals surface area contributed by atoms with E-state index in [0.717, 1.165) is 0 Å². The molecule has 0 amide bonds. The number of aliphatic hydroxyl groups is 1. The molecule has 0 radical (unpaired) electrons. The first kappa shape index (κ1) is 22.5. The van der Waals surface area contributed by atoms with Crippen molar-refractivity contribution in [3.05, 3.63) is 36.0 Å². The maximum Gasteiger partial charge on any atom is 0.256 e. The molecule has 0 aliphatic heterocycles. The zero-order valence-corrected chi connectivity index (χ0v) is 19.0. The number of nitrogens with one attached hydrogen (secondary N) is 1. The molecule has 5 rings (SSSR count). The van der Waals surface area contributed by atoms with Crippen LogP contribution in [-0.4, -0.2) is 54.4 Å². The number of alkyl halides is 2. The lowest BCUT2D eigenvalue weighted by Gasteiger charge is -2.43. The van der Waals surface area contributed by atoms with Crippen LogP contribution in [0.1, 0.15) is 32.0 Å². The summed E-state index contributed by atoms with van der Waals surface area (Å²) in [5.74, 6) is 0.340. The smallest absolute Gasteiger partial charge is 0.256 e. The fourth-order valence-corrected chi connectivity index (χ4v) is 4.68. The topological polar surface area (TPSA) is 89.5 Å². The van der Waals surface area contributed by atoms with Crippen molar-refractivity contribution < 1.29 is 23.0 Å². The number of anilines is 1. The zero-order valence-electron chi connectivity index (χ0n) is 19.0. The van der Waals surface area contributed by atoms with Gasteiger partial charge in [0.05, 0.1) is 24.8 Å². The Morgan fingerprint density at radius 3 is 2.74 bits per heavy atom. The largest absolute Gasteiger partial charge is 0.479 e. The van der Waals surface area contributed by atoms with Gasteiger partial charge in [-0.1, -0.05) is 6.92 Å². The highest BCUT2D eigenvalue weighted by molar-refractivity contribution is 5.90. The Labute approximate surface area is 193 Å². The number of fused-ring (bicyclic) bond motifs is 2. The summed E-state index contributed by atoms with van der Waals surface area (Å²) in [6.07, 6.45) is 1.00. The van der Waals surface area contributed by atoms with Gasteiger partial charge in [-0.15, -0.1) is 5.10 Å². The van der Waals surface area contributed by atoms with Gasteiger partial charge in [0.1, 0.15) is 16.9 Å². The van der Waals surface area contributed by atoms with Gasteiger partial charge in [-0.2, -0.15) is 4.98 Å². The number of nitrogens with zero attached hydrogens (tertiary/aromatic N) is 5. The Hall–Kier alpha value is -3.34. The number of aromatic nitrogens is 5. The average molecular weight is 474 g/mol. The van der Waals surface area contributed by atoms with E-state index in [-0.39, 0.29) is 17.4 Å². The highest BCUT2D eigenvalue weighted by Gasteiger charge is 2.41. The number of ether oxygens (including phenoxy) is 1. The first-order valence-corrected chi connectivity index (χ1v) is 11.1. The van der Waals surface area contributed by atoms with Crippen LogP contribution in [0.2, 0.25) is 0 Å². The number of aryl methyl sites for hydroxylation is 1. The number of hydrogen-bond acceptors (Lipinski definition) is 6. The van der Waals surface area contributed by atoms with Crippen LogP contribution in [0.15, 0.2) is 24.4 Å². The minimum absolute atomic E-state index is 0.0488. The highest BCUT2D eigenvalue weighted by Crippen LogP contribution is 2.38. The number of imidazole rings is 1. The van der Waals surface area contributed by atoms with Gasteiger partial charge in [0.15, 0.2) is 5.82 Å². The number of halogens is 3. The van der Waals surface area contributed by atoms with Crippen molar-refractivity contribution in [2.45, 2.75) is 57.7 Å². The summed E-state index contributed by atoms with van der Waals surface area (Å²) < 4.78 is 49.6. The lowest BCUT2D eigenvalue weighted by atomic mass is 9.74. The first-order valence-electron chi connectivity index (χ1n) is 11.1. The van der Waals surface area contributed by atoms with Gasteiger partial charge in [-0.25, -0.2) is 22.7 Å². The molecule has 34 heavy (non-hydrogen) atoms. The van der Waals surface area contributed by atoms with Crippen molar-refractivity contribution in [2.75, 3.05) is 12.4 Å². The van der Waals surface area contributed by atoms with E-state index in [1.54, 1.807) is 29.8 Å². The monoisotopic (exact) mass is 474 g/mol. The second kappa shape index (κ2) is 8.15. The van der Waals surface area contributed by atoms with Gasteiger partial charge < -0.3 is 19.7 Å². The van der Waals surface area contributed by atoms with Crippen molar-refractivity contribution >= 4 is 22.5 Å². The van der Waals surface area contributed by atoms with Crippen LogP contribution in [0.5, 0.6) is 5.88 Å². The normalized spacial score (nSPS) is 20.3. The van der Waals surface area contributed by atoms with Crippen LogP contribution in [0.3, 0.4) is 0 Å². The van der Waals surface area contributed by atoms with E-state index >= 15 is 0 Å². The Kier molecular flexibility index (Phi) is 5.38. The predicted octanol–water partition coefficient (Wildman–Crippen LogP) is 4.18. The molecule has 2 N–H and O–H groups in total. The Morgan fingerprint density at radius 1 is 1.29 bits per heavy atom. The summed E-state index contributed by atoms with van der Waals surface area (Å²) >= 11 is 0. The second-order valence-corrected chi connectivity index (χ2v) is 8.78. The number of benzene rings is 1.